The summed E-state index contributed by atoms with van der Waals surface area (Å²) >= 11 is 1.71. The van der Waals surface area contributed by atoms with Crippen molar-refractivity contribution in [1.82, 2.24) is 20.3 Å². The summed E-state index contributed by atoms with van der Waals surface area (Å²) in [4.78, 5) is 15.2. The molecule has 1 aliphatic carbocycles. The Hall–Kier alpha value is -2.38. The molecular formula is C22H24FN5S. The van der Waals surface area contributed by atoms with Gasteiger partial charge >= 0.3 is 0 Å². The number of anilines is 1. The van der Waals surface area contributed by atoms with Crippen LogP contribution in [0.3, 0.4) is 0 Å². The number of piperidine rings is 1. The van der Waals surface area contributed by atoms with E-state index >= 15 is 0 Å². The van der Waals surface area contributed by atoms with E-state index in [9.17, 15) is 4.39 Å². The van der Waals surface area contributed by atoms with Crippen LogP contribution in [0.2, 0.25) is 0 Å². The molecule has 0 radical (unpaired) electrons. The lowest BCUT2D eigenvalue weighted by Gasteiger charge is -2.26. The fraction of sp³-hybridized carbons (Fsp3) is 0.409. The van der Waals surface area contributed by atoms with Gasteiger partial charge in [-0.15, -0.1) is 11.3 Å². The van der Waals surface area contributed by atoms with Gasteiger partial charge in [0.15, 0.2) is 0 Å². The van der Waals surface area contributed by atoms with Gasteiger partial charge in [0.25, 0.3) is 0 Å². The molecule has 3 aromatic rings. The maximum absolute atomic E-state index is 13.5. The summed E-state index contributed by atoms with van der Waals surface area (Å²) in [7, 11) is 0. The van der Waals surface area contributed by atoms with Gasteiger partial charge in [-0.1, -0.05) is 0 Å². The normalized spacial score (nSPS) is 17.8. The first-order valence-electron chi connectivity index (χ1n) is 10.3. The molecule has 5 rings (SSSR count). The van der Waals surface area contributed by atoms with Gasteiger partial charge in [0.05, 0.1) is 21.3 Å². The molecule has 1 saturated heterocycles. The maximum Gasteiger partial charge on any atom is 0.223 e. The third-order valence-electron chi connectivity index (χ3n) is 5.78. The van der Waals surface area contributed by atoms with Crippen molar-refractivity contribution >= 4 is 17.3 Å². The Morgan fingerprint density at radius 1 is 1.00 bits per heavy atom. The third-order valence-corrected chi connectivity index (χ3v) is 7.02. The minimum absolute atomic E-state index is 0.238. The van der Waals surface area contributed by atoms with Crippen molar-refractivity contribution in [1.29, 1.82) is 0 Å². The molecule has 150 valence electrons. The number of thiazole rings is 1. The molecule has 29 heavy (non-hydrogen) atoms. The molecule has 2 N–H and O–H groups in total. The average molecular weight is 410 g/mol. The topological polar surface area (TPSA) is 62.7 Å². The van der Waals surface area contributed by atoms with Crippen LogP contribution in [0.4, 0.5) is 10.3 Å². The van der Waals surface area contributed by atoms with Crippen LogP contribution in [0.1, 0.15) is 43.0 Å². The van der Waals surface area contributed by atoms with E-state index in [-0.39, 0.29) is 5.82 Å². The predicted molar refractivity (Wildman–Crippen MR) is 115 cm³/mol. The van der Waals surface area contributed by atoms with Gasteiger partial charge in [-0.3, -0.25) is 0 Å². The van der Waals surface area contributed by atoms with Crippen LogP contribution in [0.5, 0.6) is 0 Å². The van der Waals surface area contributed by atoms with Gasteiger partial charge in [-0.25, -0.2) is 19.3 Å². The Balaban J connectivity index is 1.54. The highest BCUT2D eigenvalue weighted by Gasteiger charge is 2.24. The lowest BCUT2D eigenvalue weighted by atomic mass is 9.93. The largest absolute Gasteiger partial charge is 0.351 e. The summed E-state index contributed by atoms with van der Waals surface area (Å²) in [5.41, 5.74) is 2.68. The zero-order valence-electron chi connectivity index (χ0n) is 16.2. The van der Waals surface area contributed by atoms with E-state index in [4.69, 9.17) is 9.97 Å². The molecule has 1 aliphatic heterocycles. The van der Waals surface area contributed by atoms with E-state index in [2.05, 4.69) is 15.6 Å². The van der Waals surface area contributed by atoms with Crippen LogP contribution in [-0.4, -0.2) is 34.1 Å². The van der Waals surface area contributed by atoms with Crippen molar-refractivity contribution in [2.75, 3.05) is 18.4 Å². The number of hydrogen-bond donors (Lipinski definition) is 2. The van der Waals surface area contributed by atoms with Crippen molar-refractivity contribution < 1.29 is 4.39 Å². The highest BCUT2D eigenvalue weighted by molar-refractivity contribution is 7.15. The minimum atomic E-state index is -0.238. The number of halogens is 1. The zero-order valence-corrected chi connectivity index (χ0v) is 17.0. The highest BCUT2D eigenvalue weighted by atomic mass is 32.1. The number of rotatable bonds is 5. The van der Waals surface area contributed by atoms with E-state index in [1.54, 1.807) is 23.5 Å². The number of nitrogens with zero attached hydrogens (tertiary/aromatic N) is 3. The summed E-state index contributed by atoms with van der Waals surface area (Å²) in [6.07, 6.45) is 7.61. The third kappa shape index (κ3) is 4.02. The Morgan fingerprint density at radius 3 is 2.52 bits per heavy atom. The SMILES string of the molecule is Fc1ccc(-c2nc(C3CCNCC3)sc2-c2ccnc(NC3CCC3)n2)cc1. The molecular weight excluding hydrogens is 385 g/mol. The molecule has 0 unspecified atom stereocenters. The zero-order chi connectivity index (χ0) is 19.6. The molecule has 1 saturated carbocycles. The van der Waals surface area contributed by atoms with Gasteiger partial charge in [-0.2, -0.15) is 0 Å². The van der Waals surface area contributed by atoms with E-state index in [0.29, 0.717) is 17.9 Å². The van der Waals surface area contributed by atoms with E-state index < -0.39 is 0 Å². The van der Waals surface area contributed by atoms with Crippen LogP contribution in [0, 0.1) is 5.82 Å². The molecule has 0 bridgehead atoms. The van der Waals surface area contributed by atoms with E-state index in [1.165, 1.54) is 31.4 Å². The smallest absolute Gasteiger partial charge is 0.223 e. The quantitative estimate of drug-likeness (QED) is 0.631. The number of nitrogens with one attached hydrogen (secondary N) is 2. The fourth-order valence-electron chi connectivity index (χ4n) is 3.85. The standard InChI is InChI=1S/C22H24FN5S/c23-16-6-4-14(5-7-16)19-20(29-21(28-19)15-8-11-24-12-9-15)18-10-13-25-22(27-18)26-17-2-1-3-17/h4-7,10,13,15,17,24H,1-3,8-9,11-12H2,(H,25,26,27). The summed E-state index contributed by atoms with van der Waals surface area (Å²) < 4.78 is 13.5. The average Bonchev–Trinajstić information content (AvgIpc) is 3.18. The molecule has 0 amide bonds. The van der Waals surface area contributed by atoms with Crippen molar-refractivity contribution in [2.24, 2.45) is 0 Å². The minimum Gasteiger partial charge on any atom is -0.351 e. The molecule has 3 heterocycles. The van der Waals surface area contributed by atoms with Crippen LogP contribution in [0.15, 0.2) is 36.5 Å². The Labute approximate surface area is 173 Å². The van der Waals surface area contributed by atoms with Gasteiger partial charge in [0, 0.05) is 23.7 Å². The summed E-state index contributed by atoms with van der Waals surface area (Å²) in [6, 6.07) is 9.01. The first-order valence-corrected chi connectivity index (χ1v) is 11.2. The van der Waals surface area contributed by atoms with E-state index in [0.717, 1.165) is 52.8 Å². The fourth-order valence-corrected chi connectivity index (χ4v) is 5.07. The van der Waals surface area contributed by atoms with E-state index in [1.807, 2.05) is 12.3 Å². The first kappa shape index (κ1) is 18.6. The first-order chi connectivity index (χ1) is 14.3. The molecule has 0 spiro atoms. The van der Waals surface area contributed by atoms with Crippen molar-refractivity contribution in [3.8, 4) is 21.8 Å². The molecule has 0 atom stereocenters. The number of benzene rings is 1. The van der Waals surface area contributed by atoms with Gasteiger partial charge in [-0.05, 0) is 75.5 Å². The van der Waals surface area contributed by atoms with Crippen LogP contribution >= 0.6 is 11.3 Å². The van der Waals surface area contributed by atoms with Crippen LogP contribution in [0.25, 0.3) is 21.8 Å². The monoisotopic (exact) mass is 409 g/mol. The van der Waals surface area contributed by atoms with Gasteiger partial charge in [0.1, 0.15) is 5.82 Å². The second-order valence-corrected chi connectivity index (χ2v) is 8.83. The second kappa shape index (κ2) is 8.16. The molecule has 5 nitrogen and oxygen atoms in total. The Bertz CT molecular complexity index is 977. The van der Waals surface area contributed by atoms with Gasteiger partial charge in [0.2, 0.25) is 5.95 Å². The number of hydrogen-bond acceptors (Lipinski definition) is 6. The second-order valence-electron chi connectivity index (χ2n) is 7.80. The Morgan fingerprint density at radius 2 is 1.79 bits per heavy atom. The molecule has 7 heteroatoms. The molecule has 1 aromatic carbocycles. The van der Waals surface area contributed by atoms with Gasteiger partial charge < -0.3 is 10.6 Å². The summed E-state index contributed by atoms with van der Waals surface area (Å²) in [5, 5.41) is 7.99. The molecule has 2 aromatic heterocycles. The van der Waals surface area contributed by atoms with Crippen molar-refractivity contribution in [3.05, 3.63) is 47.4 Å². The van der Waals surface area contributed by atoms with Crippen LogP contribution in [-0.2, 0) is 0 Å². The maximum atomic E-state index is 13.5. The summed E-state index contributed by atoms with van der Waals surface area (Å²) in [5.74, 6) is 0.899. The predicted octanol–water partition coefficient (Wildman–Crippen LogP) is 4.84. The highest BCUT2D eigenvalue weighted by Crippen LogP contribution is 2.40. The van der Waals surface area contributed by atoms with Crippen molar-refractivity contribution in [2.45, 2.75) is 44.1 Å². The molecule has 2 aliphatic rings. The lowest BCUT2D eigenvalue weighted by molar-refractivity contribution is 0.443. The summed E-state index contributed by atoms with van der Waals surface area (Å²) in [6.45, 7) is 2.04. The lowest BCUT2D eigenvalue weighted by Crippen LogP contribution is -2.27. The number of aromatic nitrogens is 3. The van der Waals surface area contributed by atoms with Crippen LogP contribution < -0.4 is 10.6 Å². The molecule has 2 fully saturated rings. The Kier molecular flexibility index (Phi) is 5.24. The van der Waals surface area contributed by atoms with Crippen molar-refractivity contribution in [3.63, 3.8) is 0 Å².